The van der Waals surface area contributed by atoms with Gasteiger partial charge in [0.25, 0.3) is 0 Å². The van der Waals surface area contributed by atoms with Crippen LogP contribution in [0.1, 0.15) is 124 Å². The van der Waals surface area contributed by atoms with Crippen LogP contribution in [0.4, 0.5) is 0 Å². The van der Waals surface area contributed by atoms with Gasteiger partial charge in [0.15, 0.2) is 0 Å². The van der Waals surface area contributed by atoms with E-state index in [1.165, 1.54) is 98.9 Å². The molecule has 0 amide bonds. The number of benzene rings is 4. The molecule has 2 aliphatic carbocycles. The molecule has 0 atom stereocenters. The van der Waals surface area contributed by atoms with Gasteiger partial charge >= 0.3 is 26.2 Å². The van der Waals surface area contributed by atoms with Crippen LogP contribution in [0.2, 0.25) is 0 Å². The topological polar surface area (TPSA) is 26.3 Å². The normalized spacial score (nSPS) is 14.8. The van der Waals surface area contributed by atoms with Crippen molar-refractivity contribution < 1.29 is 35.7 Å². The Morgan fingerprint density at radius 3 is 1.15 bits per heavy atom. The minimum atomic E-state index is -1.22. The fourth-order valence-corrected chi connectivity index (χ4v) is 7.47. The van der Waals surface area contributed by atoms with Gasteiger partial charge in [-0.25, -0.2) is 0 Å². The number of ketones is 1. The summed E-state index contributed by atoms with van der Waals surface area (Å²) in [5.74, 6) is 0.0689. The molecule has 3 fully saturated rings. The Balaban J connectivity index is 0.000000287. The molecule has 1 heterocycles. The summed E-state index contributed by atoms with van der Waals surface area (Å²) in [4.78, 5) is 11.2. The molecule has 7 rings (SSSR count). The van der Waals surface area contributed by atoms with Gasteiger partial charge in [0.2, 0.25) is 0 Å². The van der Waals surface area contributed by atoms with E-state index in [0.717, 1.165) is 44.5 Å². The van der Waals surface area contributed by atoms with Crippen molar-refractivity contribution in [3.8, 4) is 0 Å². The molecule has 0 spiro atoms. The molecule has 0 aromatic heterocycles. The minimum Gasteiger partial charge on any atom is -0.402 e. The van der Waals surface area contributed by atoms with Crippen molar-refractivity contribution >= 4 is 33.8 Å². The molecule has 286 valence electrons. The monoisotopic (exact) mass is 800 g/mol. The predicted octanol–water partition coefficient (Wildman–Crippen LogP) is 11.2. The Hall–Kier alpha value is -3.06. The van der Waals surface area contributed by atoms with Crippen molar-refractivity contribution in [2.75, 3.05) is 13.2 Å². The van der Waals surface area contributed by atoms with Gasteiger partial charge in [-0.15, -0.1) is 12.5 Å². The molecule has 2 saturated carbocycles. The van der Waals surface area contributed by atoms with Crippen LogP contribution < -0.4 is 21.9 Å². The maximum atomic E-state index is 11.2. The summed E-state index contributed by atoms with van der Waals surface area (Å²) < 4.78 is 4.94. The zero-order chi connectivity index (χ0) is 37.7. The molecule has 2 nitrogen and oxygen atoms in total. The fraction of sp³-hybridized carbons (Fsp3) is 0.420. The first-order valence-electron chi connectivity index (χ1n) is 20.9. The number of carbonyl (C=O) groups excluding carboxylic acids is 1. The summed E-state index contributed by atoms with van der Waals surface area (Å²) in [7, 11) is 0. The maximum absolute atomic E-state index is 11.2. The number of carbonyl (C=O) groups is 1. The van der Waals surface area contributed by atoms with Crippen molar-refractivity contribution in [1.82, 2.24) is 0 Å². The summed E-state index contributed by atoms with van der Waals surface area (Å²) >= 11 is 0. The van der Waals surface area contributed by atoms with Crippen LogP contribution in [0.15, 0.2) is 139 Å². The molecule has 1 aliphatic heterocycles. The van der Waals surface area contributed by atoms with E-state index in [2.05, 4.69) is 141 Å². The molecule has 4 aromatic rings. The number of allylic oxidation sites excluding steroid dienone is 4. The first kappa shape index (κ1) is 47.1. The first-order valence-corrected chi connectivity index (χ1v) is 20.9. The van der Waals surface area contributed by atoms with Crippen LogP contribution in [0.5, 0.6) is 0 Å². The van der Waals surface area contributed by atoms with Crippen molar-refractivity contribution in [1.29, 1.82) is 0 Å². The van der Waals surface area contributed by atoms with Gasteiger partial charge in [-0.3, -0.25) is 6.08 Å². The van der Waals surface area contributed by atoms with E-state index in [0.29, 0.717) is 0 Å². The average Bonchev–Trinajstić information content (AvgIpc) is 4.06. The predicted molar refractivity (Wildman–Crippen MR) is 233 cm³/mol. The van der Waals surface area contributed by atoms with Gasteiger partial charge in [0, 0.05) is 19.0 Å². The van der Waals surface area contributed by atoms with Gasteiger partial charge in [-0.05, 0) is 26.2 Å². The van der Waals surface area contributed by atoms with Crippen LogP contribution in [-0.2, 0) is 35.7 Å². The number of hydrogen-bond acceptors (Lipinski definition) is 2. The first-order chi connectivity index (χ1) is 26.1. The molecular weight excluding hydrogens is 735 g/mol. The second-order valence-corrected chi connectivity index (χ2v) is 14.6. The van der Waals surface area contributed by atoms with Crippen molar-refractivity contribution in [2.24, 2.45) is 0 Å². The smallest absolute Gasteiger partial charge is 0.402 e. The summed E-state index contributed by atoms with van der Waals surface area (Å²) in [6.45, 7) is 8.18. The van der Waals surface area contributed by atoms with Crippen molar-refractivity contribution in [2.45, 2.75) is 124 Å². The second kappa shape index (κ2) is 30.2. The van der Waals surface area contributed by atoms with Crippen LogP contribution in [0.25, 0.3) is 0 Å². The zero-order valence-electron chi connectivity index (χ0n) is 33.8. The van der Waals surface area contributed by atoms with Crippen LogP contribution in [0.3, 0.4) is 0 Å². The van der Waals surface area contributed by atoms with Crippen LogP contribution in [0, 0.1) is 6.08 Å². The average molecular weight is 802 g/mol. The Bertz CT molecular complexity index is 1310. The molecule has 0 N–H and O–H groups in total. The number of unbranched alkanes of at least 4 members (excludes halogenated alkanes) is 1. The second-order valence-electron chi connectivity index (χ2n) is 14.6. The molecule has 0 bridgehead atoms. The summed E-state index contributed by atoms with van der Waals surface area (Å²) in [6, 6.07) is 43.5. The SMILES string of the molecule is C1CCCC1.C1CCCC1.C1CCOC1.CCC[C-]=CC(=O)/C=C(\C)CCC.[Zr+2].c1ccc([B-](c2ccccc2)(c2ccccc2)c2ccccc2)cc1. The third-order valence-electron chi connectivity index (χ3n) is 10.2. The molecule has 54 heavy (non-hydrogen) atoms. The summed E-state index contributed by atoms with van der Waals surface area (Å²) in [5, 5.41) is 0. The zero-order valence-corrected chi connectivity index (χ0v) is 36.3. The Labute approximate surface area is 349 Å². The van der Waals surface area contributed by atoms with E-state index in [1.807, 2.05) is 6.92 Å². The standard InChI is InChI=1S/C24H20B.C12H19O.2C5H10.C4H8O.Zr/c1-5-13-21(14-6-1)25(22-15-7-2-8-16-22,23-17-9-3-10-18-23)24-19-11-4-12-20-24;1-4-6-7-9-12(13)10-11(3)8-5-2;3*1-2-4-5-3-1;/h1-20H;9-10H,4-6,8H2,1-3H3;2*1-5H2;1-4H2;/q2*-1;;;;+2/b;11-10+;;;;. The molecule has 4 aromatic carbocycles. The third kappa shape index (κ3) is 17.6. The molecule has 0 radical (unpaired) electrons. The fourth-order valence-electron chi connectivity index (χ4n) is 7.47. The summed E-state index contributed by atoms with van der Waals surface area (Å²) in [5.41, 5.74) is 6.51. The van der Waals surface area contributed by atoms with Gasteiger partial charge in [0.1, 0.15) is 6.15 Å². The Kier molecular flexibility index (Phi) is 26.3. The van der Waals surface area contributed by atoms with Crippen molar-refractivity contribution in [3.63, 3.8) is 0 Å². The largest absolute Gasteiger partial charge is 2.00 e. The Morgan fingerprint density at radius 2 is 0.889 bits per heavy atom. The molecule has 3 aliphatic rings. The summed E-state index contributed by atoms with van der Waals surface area (Å²) in [6.07, 6.45) is 26.6. The molecule has 4 heteroatoms. The van der Waals surface area contributed by atoms with Crippen molar-refractivity contribution in [3.05, 3.63) is 145 Å². The van der Waals surface area contributed by atoms with E-state index < -0.39 is 6.15 Å². The number of ether oxygens (including phenoxy) is 1. The molecule has 0 unspecified atom stereocenters. The van der Waals surface area contributed by atoms with Gasteiger partial charge in [-0.1, -0.05) is 218 Å². The quantitative estimate of drug-likeness (QED) is 0.0907. The van der Waals surface area contributed by atoms with E-state index in [9.17, 15) is 4.79 Å². The van der Waals surface area contributed by atoms with Gasteiger partial charge in [0.05, 0.1) is 0 Å². The van der Waals surface area contributed by atoms with Gasteiger partial charge < -0.3 is 9.53 Å². The minimum absolute atomic E-state index is 0. The number of rotatable bonds is 10. The maximum Gasteiger partial charge on any atom is 2.00 e. The van der Waals surface area contributed by atoms with E-state index >= 15 is 0 Å². The van der Waals surface area contributed by atoms with Crippen LogP contribution in [-0.4, -0.2) is 25.1 Å². The molecular formula is C50H67BO2Zr. The Morgan fingerprint density at radius 1 is 0.556 bits per heavy atom. The number of hydrogen-bond donors (Lipinski definition) is 0. The molecule has 1 saturated heterocycles. The van der Waals surface area contributed by atoms with Gasteiger partial charge in [-0.2, -0.15) is 27.9 Å². The van der Waals surface area contributed by atoms with E-state index in [-0.39, 0.29) is 32.0 Å². The van der Waals surface area contributed by atoms with Crippen LogP contribution >= 0.6 is 0 Å². The third-order valence-corrected chi connectivity index (χ3v) is 10.2. The van der Waals surface area contributed by atoms with E-state index in [1.54, 1.807) is 12.2 Å². The van der Waals surface area contributed by atoms with E-state index in [4.69, 9.17) is 4.74 Å².